The molecular weight excluding hydrogens is 610 g/mol. The van der Waals surface area contributed by atoms with Crippen LogP contribution >= 0.6 is 0 Å². The summed E-state index contributed by atoms with van der Waals surface area (Å²) in [5, 5.41) is 0. The maximum absolute atomic E-state index is 14.4. The Kier molecular flexibility index (Phi) is 9.66. The second-order valence-electron chi connectivity index (χ2n) is 14.1. The van der Waals surface area contributed by atoms with E-state index in [0.29, 0.717) is 74.8 Å². The van der Waals surface area contributed by atoms with Gasteiger partial charge in [0.15, 0.2) is 5.89 Å². The van der Waals surface area contributed by atoms with Gasteiger partial charge in [-0.2, -0.15) is 0 Å². The van der Waals surface area contributed by atoms with Gasteiger partial charge in [-0.3, -0.25) is 9.69 Å². The molecule has 3 aromatic heterocycles. The Labute approximate surface area is 282 Å². The van der Waals surface area contributed by atoms with Crippen LogP contribution in [0.25, 0.3) is 11.3 Å². The zero-order valence-electron chi connectivity index (χ0n) is 28.3. The number of hydrogen-bond acceptors (Lipinski definition) is 9. The lowest BCUT2D eigenvalue weighted by Crippen LogP contribution is -2.55. The first-order valence-corrected chi connectivity index (χ1v) is 17.6. The van der Waals surface area contributed by atoms with Gasteiger partial charge in [0.05, 0.1) is 26.3 Å². The third-order valence-corrected chi connectivity index (χ3v) is 10.8. The molecule has 1 saturated heterocycles. The number of ether oxygens (including phenoxy) is 3. The molecule has 0 radical (unpaired) electrons. The quantitative estimate of drug-likeness (QED) is 0.236. The molecule has 11 nitrogen and oxygen atoms in total. The van der Waals surface area contributed by atoms with E-state index in [1.54, 1.807) is 31.6 Å². The molecule has 7 rings (SSSR count). The van der Waals surface area contributed by atoms with Crippen molar-refractivity contribution in [3.8, 4) is 17.1 Å². The summed E-state index contributed by atoms with van der Waals surface area (Å²) in [5.74, 6) is 3.32. The molecule has 0 N–H and O–H groups in total. The van der Waals surface area contributed by atoms with Gasteiger partial charge in [-0.05, 0) is 107 Å². The van der Waals surface area contributed by atoms with E-state index in [0.717, 1.165) is 61.2 Å². The number of likely N-dealkylation sites (tertiary alicyclic amines) is 1. The van der Waals surface area contributed by atoms with Gasteiger partial charge in [0.2, 0.25) is 11.8 Å². The van der Waals surface area contributed by atoms with E-state index in [4.69, 9.17) is 28.6 Å². The van der Waals surface area contributed by atoms with E-state index in [1.807, 2.05) is 30.2 Å². The second kappa shape index (κ2) is 14.2. The summed E-state index contributed by atoms with van der Waals surface area (Å²) in [6.45, 7) is 3.80. The average molecular weight is 658 g/mol. The number of rotatable bonds is 10. The van der Waals surface area contributed by atoms with Crippen molar-refractivity contribution < 1.29 is 28.2 Å². The molecule has 0 unspecified atom stereocenters. The summed E-state index contributed by atoms with van der Waals surface area (Å²) in [5.41, 5.74) is 3.99. The number of pyridine rings is 2. The molecule has 1 aliphatic heterocycles. The normalized spacial score (nSPS) is 24.5. The Hall–Kier alpha value is -3.99. The third kappa shape index (κ3) is 7.21. The number of methoxy groups -OCH3 is 2. The lowest BCUT2D eigenvalue weighted by Gasteiger charge is -2.39. The largest absolute Gasteiger partial charge is 0.481 e. The highest BCUT2D eigenvalue weighted by molar-refractivity contribution is 5.94. The Morgan fingerprint density at radius 3 is 2.38 bits per heavy atom. The van der Waals surface area contributed by atoms with Crippen LogP contribution in [0, 0.1) is 18.8 Å². The number of amides is 2. The monoisotopic (exact) mass is 657 g/mol. The smallest absolute Gasteiger partial charge is 0.410 e. The maximum atomic E-state index is 14.4. The van der Waals surface area contributed by atoms with Crippen LogP contribution in [-0.2, 0) is 14.3 Å². The Morgan fingerprint density at radius 2 is 1.69 bits per heavy atom. The number of nitrogens with zero attached hydrogens (tertiary/aromatic N) is 5. The molecule has 4 heterocycles. The predicted octanol–water partition coefficient (Wildman–Crippen LogP) is 6.66. The van der Waals surface area contributed by atoms with Crippen molar-refractivity contribution in [2.45, 2.75) is 95.2 Å². The molecule has 3 saturated carbocycles. The standard InChI is InChI=1S/C37H47N5O6/c1-23-16-29(18-39-34(23)46-3)25-6-4-24(5-7-25)19-42(33-17-28(14-15-38-33)32-22-47-35(40-32)26-8-9-26)36(43)27-10-12-30(13-11-27)48-37(44)41-20-31(21-41)45-2/h14-18,22,24-27,30-31H,4-13,19-21H2,1-3H3. The fraction of sp³-hybridized carbons (Fsp3) is 0.595. The number of hydrogen-bond donors (Lipinski definition) is 0. The molecule has 4 fully saturated rings. The second-order valence-corrected chi connectivity index (χ2v) is 14.1. The number of anilines is 1. The van der Waals surface area contributed by atoms with Gasteiger partial charge in [0.25, 0.3) is 0 Å². The minimum Gasteiger partial charge on any atom is -0.481 e. The van der Waals surface area contributed by atoms with Gasteiger partial charge in [0, 0.05) is 49.0 Å². The lowest BCUT2D eigenvalue weighted by molar-refractivity contribution is -0.124. The Balaban J connectivity index is 1.03. The van der Waals surface area contributed by atoms with Crippen molar-refractivity contribution in [2.75, 3.05) is 38.8 Å². The first-order chi connectivity index (χ1) is 23.4. The maximum Gasteiger partial charge on any atom is 0.410 e. The molecule has 0 aromatic carbocycles. The van der Waals surface area contributed by atoms with E-state index in [1.165, 1.54) is 5.56 Å². The molecule has 3 aromatic rings. The minimum atomic E-state index is -0.283. The van der Waals surface area contributed by atoms with E-state index in [2.05, 4.69) is 11.1 Å². The topological polar surface area (TPSA) is 120 Å². The van der Waals surface area contributed by atoms with E-state index in [9.17, 15) is 9.59 Å². The fourth-order valence-electron chi connectivity index (χ4n) is 7.52. The van der Waals surface area contributed by atoms with Crippen molar-refractivity contribution in [1.82, 2.24) is 19.9 Å². The van der Waals surface area contributed by atoms with Crippen LogP contribution in [0.1, 0.15) is 93.1 Å². The Bertz CT molecular complexity index is 1580. The van der Waals surface area contributed by atoms with Crippen LogP contribution < -0.4 is 9.64 Å². The highest BCUT2D eigenvalue weighted by atomic mass is 16.6. The molecule has 256 valence electrons. The molecule has 4 aliphatic rings. The first kappa shape index (κ1) is 32.6. The number of carbonyl (C=O) groups excluding carboxylic acids is 2. The average Bonchev–Trinajstić information content (AvgIpc) is 3.82. The van der Waals surface area contributed by atoms with Crippen molar-refractivity contribution in [3.63, 3.8) is 0 Å². The SMILES string of the molecule is COc1ncc(C2CCC(CN(C(=O)C3CCC(OC(=O)N4CC(OC)C4)CC3)c3cc(-c4coc(C5CC5)n4)ccn3)CC2)cc1C. The summed E-state index contributed by atoms with van der Waals surface area (Å²) >= 11 is 0. The van der Waals surface area contributed by atoms with Crippen molar-refractivity contribution in [1.29, 1.82) is 0 Å². The van der Waals surface area contributed by atoms with Crippen molar-refractivity contribution in [2.24, 2.45) is 11.8 Å². The highest BCUT2D eigenvalue weighted by Gasteiger charge is 2.37. The van der Waals surface area contributed by atoms with Crippen LogP contribution in [-0.4, -0.2) is 77.9 Å². The van der Waals surface area contributed by atoms with E-state index >= 15 is 0 Å². The van der Waals surface area contributed by atoms with Gasteiger partial charge >= 0.3 is 6.09 Å². The third-order valence-electron chi connectivity index (χ3n) is 10.8. The predicted molar refractivity (Wildman–Crippen MR) is 179 cm³/mol. The molecular formula is C37H47N5O6. The highest BCUT2D eigenvalue weighted by Crippen LogP contribution is 2.41. The van der Waals surface area contributed by atoms with Crippen LogP contribution in [0.2, 0.25) is 0 Å². The number of aromatic nitrogens is 3. The molecule has 2 amide bonds. The molecule has 3 aliphatic carbocycles. The van der Waals surface area contributed by atoms with Gasteiger partial charge in [-0.1, -0.05) is 0 Å². The van der Waals surface area contributed by atoms with Crippen LogP contribution in [0.3, 0.4) is 0 Å². The minimum absolute atomic E-state index is 0.0900. The van der Waals surface area contributed by atoms with Gasteiger partial charge < -0.3 is 23.5 Å². The van der Waals surface area contributed by atoms with Crippen LogP contribution in [0.5, 0.6) is 5.88 Å². The number of carbonyl (C=O) groups is 2. The van der Waals surface area contributed by atoms with Gasteiger partial charge in [-0.15, -0.1) is 0 Å². The molecule has 11 heteroatoms. The summed E-state index contributed by atoms with van der Waals surface area (Å²) in [6.07, 6.45) is 14.2. The fourth-order valence-corrected chi connectivity index (χ4v) is 7.52. The molecule has 0 atom stereocenters. The summed E-state index contributed by atoms with van der Waals surface area (Å²) in [4.78, 5) is 44.5. The first-order valence-electron chi connectivity index (χ1n) is 17.6. The molecule has 0 spiro atoms. The van der Waals surface area contributed by atoms with E-state index in [-0.39, 0.29) is 30.1 Å². The van der Waals surface area contributed by atoms with E-state index < -0.39 is 0 Å². The molecule has 0 bridgehead atoms. The summed E-state index contributed by atoms with van der Waals surface area (Å²) in [7, 11) is 3.31. The zero-order chi connectivity index (χ0) is 33.2. The Morgan fingerprint density at radius 1 is 0.938 bits per heavy atom. The van der Waals surface area contributed by atoms with Gasteiger partial charge in [0.1, 0.15) is 23.9 Å². The van der Waals surface area contributed by atoms with Crippen LogP contribution in [0.4, 0.5) is 10.6 Å². The molecule has 48 heavy (non-hydrogen) atoms. The van der Waals surface area contributed by atoms with Crippen molar-refractivity contribution in [3.05, 3.63) is 53.9 Å². The van der Waals surface area contributed by atoms with Crippen LogP contribution in [0.15, 0.2) is 41.3 Å². The zero-order valence-corrected chi connectivity index (χ0v) is 28.3. The summed E-state index contributed by atoms with van der Waals surface area (Å²) in [6, 6.07) is 6.12. The van der Waals surface area contributed by atoms with Crippen molar-refractivity contribution >= 4 is 17.8 Å². The van der Waals surface area contributed by atoms with Gasteiger partial charge in [-0.25, -0.2) is 19.7 Å². The lowest BCUT2D eigenvalue weighted by atomic mass is 9.78. The number of oxazole rings is 1. The number of aryl methyl sites for hydroxylation is 1. The summed E-state index contributed by atoms with van der Waals surface area (Å²) < 4.78 is 22.2.